The van der Waals surface area contributed by atoms with Crippen LogP contribution in [0.5, 0.6) is 5.75 Å². The lowest BCUT2D eigenvalue weighted by atomic mass is 9.96. The number of likely N-dealkylation sites (tertiary alicyclic amines) is 1. The van der Waals surface area contributed by atoms with Crippen LogP contribution in [-0.4, -0.2) is 41.2 Å². The second-order valence-electron chi connectivity index (χ2n) is 6.55. The normalized spacial score (nSPS) is 18.6. The predicted octanol–water partition coefficient (Wildman–Crippen LogP) is 2.98. The third-order valence-electron chi connectivity index (χ3n) is 4.83. The van der Waals surface area contributed by atoms with E-state index in [1.54, 1.807) is 13.2 Å². The Labute approximate surface area is 140 Å². The SMILES string of the molecule is COc1cccc(C(=O)N2CCC(c3nnc(C4CC4)o3)CC2)c1. The summed E-state index contributed by atoms with van der Waals surface area (Å²) in [6.07, 6.45) is 4.05. The largest absolute Gasteiger partial charge is 0.497 e. The smallest absolute Gasteiger partial charge is 0.253 e. The molecule has 0 bridgehead atoms. The van der Waals surface area contributed by atoms with Crippen LogP contribution in [0.2, 0.25) is 0 Å². The van der Waals surface area contributed by atoms with Crippen molar-refractivity contribution in [2.75, 3.05) is 20.2 Å². The highest BCUT2D eigenvalue weighted by Gasteiger charge is 2.32. The van der Waals surface area contributed by atoms with Gasteiger partial charge in [0.2, 0.25) is 11.8 Å². The molecule has 6 heteroatoms. The van der Waals surface area contributed by atoms with E-state index >= 15 is 0 Å². The molecular weight excluding hydrogens is 306 g/mol. The van der Waals surface area contributed by atoms with Crippen LogP contribution in [0.25, 0.3) is 0 Å². The zero-order valence-corrected chi connectivity index (χ0v) is 13.8. The molecular formula is C18H21N3O3. The Morgan fingerprint density at radius 1 is 1.12 bits per heavy atom. The van der Waals surface area contributed by atoms with Crippen molar-refractivity contribution in [1.29, 1.82) is 0 Å². The van der Waals surface area contributed by atoms with Crippen molar-refractivity contribution in [2.24, 2.45) is 0 Å². The molecule has 2 aromatic rings. The number of piperidine rings is 1. The van der Waals surface area contributed by atoms with E-state index in [1.807, 2.05) is 23.1 Å². The summed E-state index contributed by atoms with van der Waals surface area (Å²) < 4.78 is 11.0. The molecule has 6 nitrogen and oxygen atoms in total. The number of hydrogen-bond donors (Lipinski definition) is 0. The van der Waals surface area contributed by atoms with Crippen LogP contribution >= 0.6 is 0 Å². The summed E-state index contributed by atoms with van der Waals surface area (Å²) in [4.78, 5) is 14.5. The summed E-state index contributed by atoms with van der Waals surface area (Å²) in [5.74, 6) is 3.04. The molecule has 1 amide bonds. The molecule has 1 saturated carbocycles. The maximum Gasteiger partial charge on any atom is 0.253 e. The molecule has 2 aliphatic rings. The van der Waals surface area contributed by atoms with Crippen molar-refractivity contribution >= 4 is 5.91 Å². The van der Waals surface area contributed by atoms with E-state index in [4.69, 9.17) is 9.15 Å². The van der Waals surface area contributed by atoms with Crippen LogP contribution in [0.3, 0.4) is 0 Å². The minimum absolute atomic E-state index is 0.0524. The number of rotatable bonds is 4. The van der Waals surface area contributed by atoms with Crippen LogP contribution in [0.4, 0.5) is 0 Å². The Kier molecular flexibility index (Phi) is 3.96. The van der Waals surface area contributed by atoms with Gasteiger partial charge < -0.3 is 14.1 Å². The minimum Gasteiger partial charge on any atom is -0.497 e. The maximum atomic E-state index is 12.6. The van der Waals surface area contributed by atoms with Crippen LogP contribution in [0.15, 0.2) is 28.7 Å². The zero-order chi connectivity index (χ0) is 16.5. The first kappa shape index (κ1) is 15.2. The lowest BCUT2D eigenvalue weighted by Crippen LogP contribution is -2.38. The van der Waals surface area contributed by atoms with Crippen molar-refractivity contribution in [3.63, 3.8) is 0 Å². The average molecular weight is 327 g/mol. The first-order chi connectivity index (χ1) is 11.7. The number of carbonyl (C=O) groups excluding carboxylic acids is 1. The van der Waals surface area contributed by atoms with E-state index in [9.17, 15) is 4.79 Å². The Morgan fingerprint density at radius 3 is 2.42 bits per heavy atom. The molecule has 1 saturated heterocycles. The number of methoxy groups -OCH3 is 1. The molecule has 1 aromatic carbocycles. The van der Waals surface area contributed by atoms with E-state index in [2.05, 4.69) is 10.2 Å². The lowest BCUT2D eigenvalue weighted by Gasteiger charge is -2.30. The third-order valence-corrected chi connectivity index (χ3v) is 4.83. The van der Waals surface area contributed by atoms with Gasteiger partial charge in [0.25, 0.3) is 5.91 Å². The van der Waals surface area contributed by atoms with Gasteiger partial charge in [-0.1, -0.05) is 6.07 Å². The quantitative estimate of drug-likeness (QED) is 0.863. The van der Waals surface area contributed by atoms with Gasteiger partial charge in [0.15, 0.2) is 0 Å². The van der Waals surface area contributed by atoms with Crippen molar-refractivity contribution in [3.8, 4) is 5.75 Å². The van der Waals surface area contributed by atoms with E-state index in [0.29, 0.717) is 30.3 Å². The van der Waals surface area contributed by atoms with Crippen molar-refractivity contribution in [2.45, 2.75) is 37.5 Å². The first-order valence-electron chi connectivity index (χ1n) is 8.51. The molecule has 0 N–H and O–H groups in total. The zero-order valence-electron chi connectivity index (χ0n) is 13.8. The molecule has 0 atom stereocenters. The molecule has 0 unspecified atom stereocenters. The van der Waals surface area contributed by atoms with Gasteiger partial charge in [0, 0.05) is 30.5 Å². The van der Waals surface area contributed by atoms with Gasteiger partial charge in [0.1, 0.15) is 5.75 Å². The number of carbonyl (C=O) groups is 1. The summed E-state index contributed by atoms with van der Waals surface area (Å²) in [6, 6.07) is 7.30. The number of aromatic nitrogens is 2. The number of amides is 1. The van der Waals surface area contributed by atoms with E-state index in [-0.39, 0.29) is 11.8 Å². The van der Waals surface area contributed by atoms with E-state index in [0.717, 1.165) is 37.5 Å². The summed E-state index contributed by atoms with van der Waals surface area (Å²) in [5.41, 5.74) is 0.668. The molecule has 2 heterocycles. The summed E-state index contributed by atoms with van der Waals surface area (Å²) in [5, 5.41) is 8.38. The van der Waals surface area contributed by atoms with Crippen LogP contribution < -0.4 is 4.74 Å². The molecule has 24 heavy (non-hydrogen) atoms. The van der Waals surface area contributed by atoms with Gasteiger partial charge in [-0.25, -0.2) is 0 Å². The van der Waals surface area contributed by atoms with E-state index in [1.165, 1.54) is 0 Å². The molecule has 1 aromatic heterocycles. The highest BCUT2D eigenvalue weighted by molar-refractivity contribution is 5.94. The number of ether oxygens (including phenoxy) is 1. The second-order valence-corrected chi connectivity index (χ2v) is 6.55. The fourth-order valence-electron chi connectivity index (χ4n) is 3.17. The monoisotopic (exact) mass is 327 g/mol. The molecule has 126 valence electrons. The van der Waals surface area contributed by atoms with Crippen LogP contribution in [0, 0.1) is 0 Å². The molecule has 2 fully saturated rings. The highest BCUT2D eigenvalue weighted by atomic mass is 16.5. The Balaban J connectivity index is 1.38. The molecule has 1 aliphatic heterocycles. The summed E-state index contributed by atoms with van der Waals surface area (Å²) in [7, 11) is 1.61. The van der Waals surface area contributed by atoms with Crippen molar-refractivity contribution in [3.05, 3.63) is 41.6 Å². The highest BCUT2D eigenvalue weighted by Crippen LogP contribution is 2.40. The lowest BCUT2D eigenvalue weighted by molar-refractivity contribution is 0.0705. The number of benzene rings is 1. The minimum atomic E-state index is 0.0524. The molecule has 0 radical (unpaired) electrons. The fourth-order valence-corrected chi connectivity index (χ4v) is 3.17. The van der Waals surface area contributed by atoms with E-state index < -0.39 is 0 Å². The summed E-state index contributed by atoms with van der Waals surface area (Å²) >= 11 is 0. The molecule has 4 rings (SSSR count). The number of nitrogens with zero attached hydrogens (tertiary/aromatic N) is 3. The van der Waals surface area contributed by atoms with Crippen molar-refractivity contribution in [1.82, 2.24) is 15.1 Å². The number of hydrogen-bond acceptors (Lipinski definition) is 5. The summed E-state index contributed by atoms with van der Waals surface area (Å²) in [6.45, 7) is 1.42. The standard InChI is InChI=1S/C18H21N3O3/c1-23-15-4-2-3-14(11-15)18(22)21-9-7-13(8-10-21)17-20-19-16(24-17)12-5-6-12/h2-4,11-13H,5-10H2,1H3. The van der Waals surface area contributed by atoms with Gasteiger partial charge in [-0.2, -0.15) is 0 Å². The Morgan fingerprint density at radius 2 is 1.79 bits per heavy atom. The topological polar surface area (TPSA) is 68.5 Å². The van der Waals surface area contributed by atoms with Gasteiger partial charge >= 0.3 is 0 Å². The van der Waals surface area contributed by atoms with Crippen LogP contribution in [0.1, 0.15) is 59.7 Å². The maximum absolute atomic E-state index is 12.6. The van der Waals surface area contributed by atoms with Gasteiger partial charge in [0.05, 0.1) is 7.11 Å². The van der Waals surface area contributed by atoms with Gasteiger partial charge in [-0.15, -0.1) is 10.2 Å². The molecule has 1 aliphatic carbocycles. The average Bonchev–Trinajstić information content (AvgIpc) is 3.38. The first-order valence-corrected chi connectivity index (χ1v) is 8.51. The van der Waals surface area contributed by atoms with Gasteiger partial charge in [-0.3, -0.25) is 4.79 Å². The Bertz CT molecular complexity index is 731. The fraction of sp³-hybridized carbons (Fsp3) is 0.500. The molecule has 0 spiro atoms. The van der Waals surface area contributed by atoms with Crippen molar-refractivity contribution < 1.29 is 13.9 Å². The second kappa shape index (κ2) is 6.26. The Hall–Kier alpha value is -2.37. The third kappa shape index (κ3) is 3.00. The predicted molar refractivity (Wildman–Crippen MR) is 87.1 cm³/mol. The van der Waals surface area contributed by atoms with Gasteiger partial charge in [-0.05, 0) is 43.9 Å². The van der Waals surface area contributed by atoms with Crippen LogP contribution in [-0.2, 0) is 0 Å².